The predicted octanol–water partition coefficient (Wildman–Crippen LogP) is 4.61. The van der Waals surface area contributed by atoms with Crippen LogP contribution in [0.1, 0.15) is 63.9 Å². The van der Waals surface area contributed by atoms with Gasteiger partial charge in [-0.25, -0.2) is 9.97 Å². The maximum Gasteiger partial charge on any atom is 0.321 e. The van der Waals surface area contributed by atoms with Crippen molar-refractivity contribution >= 4 is 11.9 Å². The van der Waals surface area contributed by atoms with Gasteiger partial charge in [-0.1, -0.05) is 56.5 Å². The van der Waals surface area contributed by atoms with Crippen molar-refractivity contribution in [1.29, 1.82) is 0 Å². The summed E-state index contributed by atoms with van der Waals surface area (Å²) in [5.41, 5.74) is 1.03. The van der Waals surface area contributed by atoms with Crippen molar-refractivity contribution in [1.82, 2.24) is 19.8 Å². The first-order chi connectivity index (χ1) is 17.5. The Labute approximate surface area is 215 Å². The number of piperidine rings is 1. The van der Waals surface area contributed by atoms with Crippen LogP contribution in [0.5, 0.6) is 0 Å². The SMILES string of the molecule is C[C@H]1CN([C@@H](C(=O)O)C2CCCCC2)C[C@]1(c1ccccc1)N1CCCCC1N(C)c1ncccn1. The van der Waals surface area contributed by atoms with Crippen molar-refractivity contribution in [2.75, 3.05) is 31.6 Å². The van der Waals surface area contributed by atoms with Crippen molar-refractivity contribution in [2.24, 2.45) is 11.8 Å². The van der Waals surface area contributed by atoms with Gasteiger partial charge in [0.15, 0.2) is 0 Å². The lowest BCUT2D eigenvalue weighted by Gasteiger charge is -2.53. The molecule has 0 spiro atoms. The summed E-state index contributed by atoms with van der Waals surface area (Å²) in [5, 5.41) is 10.4. The molecule has 5 rings (SSSR count). The summed E-state index contributed by atoms with van der Waals surface area (Å²) in [6.45, 7) is 4.86. The van der Waals surface area contributed by atoms with Crippen LogP contribution >= 0.6 is 0 Å². The number of hydrogen-bond donors (Lipinski definition) is 1. The Bertz CT molecular complexity index is 999. The average Bonchev–Trinajstić information content (AvgIpc) is 3.26. The van der Waals surface area contributed by atoms with Gasteiger partial charge in [0.2, 0.25) is 5.95 Å². The molecule has 7 nitrogen and oxygen atoms in total. The monoisotopic (exact) mass is 491 g/mol. The van der Waals surface area contributed by atoms with Crippen LogP contribution in [-0.4, -0.2) is 69.7 Å². The van der Waals surface area contributed by atoms with Crippen molar-refractivity contribution in [3.8, 4) is 0 Å². The van der Waals surface area contributed by atoms with Crippen molar-refractivity contribution in [2.45, 2.75) is 76.0 Å². The fraction of sp³-hybridized carbons (Fsp3) is 0.621. The molecule has 3 aliphatic rings. The number of carboxylic acids is 1. The van der Waals surface area contributed by atoms with E-state index in [1.165, 1.54) is 18.4 Å². The van der Waals surface area contributed by atoms with Crippen LogP contribution in [0.3, 0.4) is 0 Å². The van der Waals surface area contributed by atoms with E-state index in [0.29, 0.717) is 0 Å². The summed E-state index contributed by atoms with van der Waals surface area (Å²) in [5.74, 6) is 0.622. The number of carboxylic acid groups (broad SMARTS) is 1. The lowest BCUT2D eigenvalue weighted by atomic mass is 9.78. The Morgan fingerprint density at radius 1 is 1.03 bits per heavy atom. The van der Waals surface area contributed by atoms with E-state index >= 15 is 0 Å². The summed E-state index contributed by atoms with van der Waals surface area (Å²) >= 11 is 0. The maximum atomic E-state index is 12.7. The minimum atomic E-state index is -0.650. The number of aliphatic carboxylic acids is 1. The molecular formula is C29H41N5O2. The summed E-state index contributed by atoms with van der Waals surface area (Å²) in [4.78, 5) is 29.0. The highest BCUT2D eigenvalue weighted by Gasteiger charge is 2.55. The van der Waals surface area contributed by atoms with E-state index in [1.54, 1.807) is 12.4 Å². The first-order valence-electron chi connectivity index (χ1n) is 13.8. The van der Waals surface area contributed by atoms with Crippen molar-refractivity contribution in [3.63, 3.8) is 0 Å². The van der Waals surface area contributed by atoms with Crippen LogP contribution < -0.4 is 4.90 Å². The van der Waals surface area contributed by atoms with Crippen LogP contribution in [0.25, 0.3) is 0 Å². The van der Waals surface area contributed by atoms with Crippen LogP contribution in [-0.2, 0) is 10.3 Å². The minimum Gasteiger partial charge on any atom is -0.480 e. The Kier molecular flexibility index (Phi) is 7.58. The molecule has 36 heavy (non-hydrogen) atoms. The van der Waals surface area contributed by atoms with Gasteiger partial charge in [-0.2, -0.15) is 0 Å². The second-order valence-corrected chi connectivity index (χ2v) is 11.1. The zero-order valence-corrected chi connectivity index (χ0v) is 21.8. The van der Waals surface area contributed by atoms with E-state index in [9.17, 15) is 9.90 Å². The number of anilines is 1. The van der Waals surface area contributed by atoms with E-state index < -0.39 is 12.0 Å². The molecule has 0 bridgehead atoms. The first kappa shape index (κ1) is 25.2. The maximum absolute atomic E-state index is 12.7. The van der Waals surface area contributed by atoms with Crippen molar-refractivity contribution < 1.29 is 9.90 Å². The first-order valence-corrected chi connectivity index (χ1v) is 13.8. The Hall–Kier alpha value is -2.51. The number of likely N-dealkylation sites (tertiary alicyclic amines) is 2. The van der Waals surface area contributed by atoms with E-state index in [0.717, 1.165) is 64.1 Å². The summed E-state index contributed by atoms with van der Waals surface area (Å²) in [7, 11) is 2.11. The normalized spacial score (nSPS) is 29.2. The minimum absolute atomic E-state index is 0.154. The molecule has 0 radical (unpaired) electrons. The van der Waals surface area contributed by atoms with E-state index in [1.807, 2.05) is 6.07 Å². The third-order valence-electron chi connectivity index (χ3n) is 9.08. The Balaban J connectivity index is 1.54. The largest absolute Gasteiger partial charge is 0.480 e. The molecule has 1 aromatic heterocycles. The third kappa shape index (κ3) is 4.63. The van der Waals surface area contributed by atoms with E-state index in [2.05, 4.69) is 69.0 Å². The Morgan fingerprint density at radius 3 is 2.42 bits per heavy atom. The molecule has 1 aliphatic carbocycles. The second-order valence-electron chi connectivity index (χ2n) is 11.1. The summed E-state index contributed by atoms with van der Waals surface area (Å²) in [6.07, 6.45) is 12.7. The van der Waals surface area contributed by atoms with Gasteiger partial charge >= 0.3 is 5.97 Å². The van der Waals surface area contributed by atoms with Crippen LogP contribution in [0.4, 0.5) is 5.95 Å². The zero-order chi connectivity index (χ0) is 25.1. The van der Waals surface area contributed by atoms with Crippen LogP contribution in [0.2, 0.25) is 0 Å². The topological polar surface area (TPSA) is 72.8 Å². The molecule has 4 atom stereocenters. The molecule has 2 aromatic rings. The fourth-order valence-corrected chi connectivity index (χ4v) is 7.38. The van der Waals surface area contributed by atoms with Gasteiger partial charge in [-0.3, -0.25) is 14.6 Å². The molecule has 1 aromatic carbocycles. The lowest BCUT2D eigenvalue weighted by Crippen LogP contribution is -2.62. The van der Waals surface area contributed by atoms with Gasteiger partial charge in [0.05, 0.1) is 11.7 Å². The number of hydrogen-bond acceptors (Lipinski definition) is 6. The highest BCUT2D eigenvalue weighted by atomic mass is 16.4. The molecule has 194 valence electrons. The molecule has 7 heteroatoms. The number of aromatic nitrogens is 2. The molecule has 0 amide bonds. The third-order valence-corrected chi connectivity index (χ3v) is 9.08. The Morgan fingerprint density at radius 2 is 1.72 bits per heavy atom. The summed E-state index contributed by atoms with van der Waals surface area (Å²) < 4.78 is 0. The van der Waals surface area contributed by atoms with Gasteiger partial charge in [0.1, 0.15) is 6.04 Å². The van der Waals surface area contributed by atoms with Crippen LogP contribution in [0.15, 0.2) is 48.8 Å². The van der Waals surface area contributed by atoms with E-state index in [-0.39, 0.29) is 23.5 Å². The van der Waals surface area contributed by atoms with Gasteiger partial charge in [0.25, 0.3) is 0 Å². The van der Waals surface area contributed by atoms with E-state index in [4.69, 9.17) is 0 Å². The molecule has 2 saturated heterocycles. The molecule has 2 aliphatic heterocycles. The molecule has 1 unspecified atom stereocenters. The number of carbonyl (C=O) groups is 1. The predicted molar refractivity (Wildman–Crippen MR) is 142 cm³/mol. The van der Waals surface area contributed by atoms with Gasteiger partial charge < -0.3 is 10.0 Å². The molecule has 3 heterocycles. The molecular weight excluding hydrogens is 450 g/mol. The number of rotatable bonds is 7. The fourth-order valence-electron chi connectivity index (χ4n) is 7.38. The number of nitrogens with zero attached hydrogens (tertiary/aromatic N) is 5. The highest BCUT2D eigenvalue weighted by Crippen LogP contribution is 2.47. The molecule has 1 saturated carbocycles. The van der Waals surface area contributed by atoms with Gasteiger partial charge in [-0.15, -0.1) is 0 Å². The molecule has 3 fully saturated rings. The molecule has 1 N–H and O–H groups in total. The van der Waals surface area contributed by atoms with Crippen LogP contribution in [0, 0.1) is 11.8 Å². The van der Waals surface area contributed by atoms with Gasteiger partial charge in [0, 0.05) is 39.1 Å². The second kappa shape index (κ2) is 10.9. The smallest absolute Gasteiger partial charge is 0.321 e. The summed E-state index contributed by atoms with van der Waals surface area (Å²) in [6, 6.07) is 12.3. The highest BCUT2D eigenvalue weighted by molar-refractivity contribution is 5.74. The average molecular weight is 492 g/mol. The zero-order valence-electron chi connectivity index (χ0n) is 21.8. The van der Waals surface area contributed by atoms with Crippen molar-refractivity contribution in [3.05, 3.63) is 54.4 Å². The van der Waals surface area contributed by atoms with Gasteiger partial charge in [-0.05, 0) is 55.6 Å². The standard InChI is InChI=1S/C29H41N5O2/c1-22-20-33(26(27(35)36)23-12-5-3-6-13-23)21-29(22,24-14-7-4-8-15-24)34-19-10-9-16-25(34)32(2)28-30-17-11-18-31-28/h4,7-8,11,14-15,17-18,22-23,25-26H,3,5-6,9-10,12-13,16,19-21H2,1-2H3,(H,35,36)/t22-,25?,26+,29-/m0/s1. The number of benzene rings is 1. The quantitative estimate of drug-likeness (QED) is 0.607. The lowest BCUT2D eigenvalue weighted by molar-refractivity contribution is -0.146.